The number of aliphatic hydroxyl groups excluding tert-OH is 1. The molecule has 26 heavy (non-hydrogen) atoms. The number of carbonyl (C=O) groups excluding carboxylic acids is 1. The van der Waals surface area contributed by atoms with Gasteiger partial charge in [0.05, 0.1) is 17.8 Å². The van der Waals surface area contributed by atoms with E-state index in [0.29, 0.717) is 22.3 Å². The van der Waals surface area contributed by atoms with Crippen LogP contribution in [0.2, 0.25) is 10.0 Å². The third kappa shape index (κ3) is 6.22. The molecule has 2 N–H and O–H groups in total. The second kappa shape index (κ2) is 10.0. The Labute approximate surface area is 162 Å². The van der Waals surface area contributed by atoms with E-state index in [1.54, 1.807) is 12.1 Å². The number of amides is 1. The third-order valence-electron chi connectivity index (χ3n) is 3.42. The monoisotopic (exact) mass is 395 g/mol. The van der Waals surface area contributed by atoms with E-state index in [2.05, 4.69) is 10.5 Å². The van der Waals surface area contributed by atoms with Gasteiger partial charge in [-0.15, -0.1) is 0 Å². The molecule has 138 valence electrons. The molecule has 8 heteroatoms. The first-order valence-corrected chi connectivity index (χ1v) is 8.57. The Morgan fingerprint density at radius 3 is 2.65 bits per heavy atom. The maximum Gasteiger partial charge on any atom is 0.277 e. The Morgan fingerprint density at radius 2 is 2.00 bits per heavy atom. The van der Waals surface area contributed by atoms with Crippen molar-refractivity contribution in [1.29, 1.82) is 0 Å². The molecule has 0 heterocycles. The fraction of sp³-hybridized carbons (Fsp3) is 0.222. The van der Waals surface area contributed by atoms with Crippen LogP contribution in [0.1, 0.15) is 5.56 Å². The van der Waals surface area contributed by atoms with Crippen molar-refractivity contribution in [3.63, 3.8) is 0 Å². The molecule has 0 spiro atoms. The van der Waals surface area contributed by atoms with Gasteiger partial charge in [-0.25, -0.2) is 5.43 Å². The fourth-order valence-electron chi connectivity index (χ4n) is 2.04. The van der Waals surface area contributed by atoms with Gasteiger partial charge in [0.25, 0.3) is 5.91 Å². The number of rotatable bonds is 8. The Hall–Kier alpha value is -2.28. The van der Waals surface area contributed by atoms with Crippen LogP contribution >= 0.6 is 23.2 Å². The number of hydrogen-bond donors (Lipinski definition) is 2. The zero-order valence-electron chi connectivity index (χ0n) is 14.2. The molecule has 2 rings (SSSR count). The highest BCUT2D eigenvalue weighted by Gasteiger charge is 2.06. The van der Waals surface area contributed by atoms with Crippen LogP contribution in [-0.4, -0.2) is 44.0 Å². The second-order valence-electron chi connectivity index (χ2n) is 5.39. The highest BCUT2D eigenvalue weighted by atomic mass is 35.5. The Bertz CT molecular complexity index is 767. The number of halogens is 2. The number of carbonyl (C=O) groups is 1. The molecule has 0 fully saturated rings. The minimum Gasteiger partial charge on any atom is -0.482 e. The lowest BCUT2D eigenvalue weighted by Crippen LogP contribution is -2.24. The van der Waals surface area contributed by atoms with E-state index < -0.39 is 5.91 Å². The molecule has 0 bridgehead atoms. The van der Waals surface area contributed by atoms with E-state index >= 15 is 0 Å². The number of aliphatic hydroxyl groups is 1. The van der Waals surface area contributed by atoms with Gasteiger partial charge in [0.2, 0.25) is 0 Å². The van der Waals surface area contributed by atoms with Crippen molar-refractivity contribution in [2.75, 3.05) is 31.7 Å². The lowest BCUT2D eigenvalue weighted by atomic mass is 10.2. The van der Waals surface area contributed by atoms with Crippen molar-refractivity contribution in [3.8, 4) is 5.75 Å². The predicted molar refractivity (Wildman–Crippen MR) is 104 cm³/mol. The SMILES string of the molecule is CN(CCO)c1ccc(/C=N\NC(=O)COc2ccc(Cl)cc2Cl)cc1. The molecule has 2 aromatic carbocycles. The van der Waals surface area contributed by atoms with Crippen molar-refractivity contribution in [3.05, 3.63) is 58.1 Å². The fourth-order valence-corrected chi connectivity index (χ4v) is 2.50. The minimum atomic E-state index is -0.411. The maximum absolute atomic E-state index is 11.8. The smallest absolute Gasteiger partial charge is 0.277 e. The molecule has 0 aliphatic carbocycles. The summed E-state index contributed by atoms with van der Waals surface area (Å²) in [6.07, 6.45) is 1.53. The van der Waals surface area contributed by atoms with Crippen LogP contribution in [0.5, 0.6) is 5.75 Å². The summed E-state index contributed by atoms with van der Waals surface area (Å²) in [6.45, 7) is 0.430. The van der Waals surface area contributed by atoms with Crippen molar-refractivity contribution < 1.29 is 14.6 Å². The first-order chi connectivity index (χ1) is 12.5. The van der Waals surface area contributed by atoms with Gasteiger partial charge in [0.15, 0.2) is 6.61 Å². The summed E-state index contributed by atoms with van der Waals surface area (Å²) < 4.78 is 5.32. The number of nitrogens with one attached hydrogen (secondary N) is 1. The van der Waals surface area contributed by atoms with Crippen LogP contribution in [0.4, 0.5) is 5.69 Å². The molecule has 0 aromatic heterocycles. The highest BCUT2D eigenvalue weighted by molar-refractivity contribution is 6.35. The molecule has 1 amide bonds. The maximum atomic E-state index is 11.8. The predicted octanol–water partition coefficient (Wildman–Crippen LogP) is 2.95. The lowest BCUT2D eigenvalue weighted by molar-refractivity contribution is -0.123. The second-order valence-corrected chi connectivity index (χ2v) is 6.24. The number of nitrogens with zero attached hydrogens (tertiary/aromatic N) is 2. The molecule has 0 aliphatic heterocycles. The first kappa shape index (κ1) is 20.0. The number of hydrogen-bond acceptors (Lipinski definition) is 5. The number of benzene rings is 2. The molecule has 0 aliphatic rings. The molecule has 6 nitrogen and oxygen atoms in total. The largest absolute Gasteiger partial charge is 0.482 e. The Balaban J connectivity index is 1.81. The van der Waals surface area contributed by atoms with Crippen LogP contribution in [-0.2, 0) is 4.79 Å². The number of likely N-dealkylation sites (N-methyl/N-ethyl adjacent to an activating group) is 1. The number of hydrazone groups is 1. The summed E-state index contributed by atoms with van der Waals surface area (Å²) in [4.78, 5) is 13.7. The third-order valence-corrected chi connectivity index (χ3v) is 3.96. The highest BCUT2D eigenvalue weighted by Crippen LogP contribution is 2.27. The number of anilines is 1. The summed E-state index contributed by atoms with van der Waals surface area (Å²) >= 11 is 11.8. The van der Waals surface area contributed by atoms with Gasteiger partial charge in [0, 0.05) is 24.3 Å². The topological polar surface area (TPSA) is 74.2 Å². The van der Waals surface area contributed by atoms with Gasteiger partial charge in [-0.1, -0.05) is 35.3 Å². The molecule has 0 saturated heterocycles. The van der Waals surface area contributed by atoms with Gasteiger partial charge in [-0.2, -0.15) is 5.10 Å². The van der Waals surface area contributed by atoms with E-state index in [1.165, 1.54) is 12.3 Å². The average molecular weight is 396 g/mol. The van der Waals surface area contributed by atoms with Gasteiger partial charge in [-0.05, 0) is 35.9 Å². The van der Waals surface area contributed by atoms with Crippen molar-refractivity contribution >= 4 is 41.0 Å². The summed E-state index contributed by atoms with van der Waals surface area (Å²) in [5, 5.41) is 13.7. The summed E-state index contributed by atoms with van der Waals surface area (Å²) in [7, 11) is 1.90. The summed E-state index contributed by atoms with van der Waals surface area (Å²) in [5.74, 6) is -0.0376. The zero-order valence-corrected chi connectivity index (χ0v) is 15.7. The molecule has 0 unspecified atom stereocenters. The van der Waals surface area contributed by atoms with E-state index in [-0.39, 0.29) is 13.2 Å². The molecule has 0 atom stereocenters. The first-order valence-electron chi connectivity index (χ1n) is 7.81. The van der Waals surface area contributed by atoms with Gasteiger partial charge in [0.1, 0.15) is 5.75 Å². The van der Waals surface area contributed by atoms with Crippen molar-refractivity contribution in [2.45, 2.75) is 0 Å². The lowest BCUT2D eigenvalue weighted by Gasteiger charge is -2.17. The van der Waals surface area contributed by atoms with Crippen molar-refractivity contribution in [2.24, 2.45) is 5.10 Å². The minimum absolute atomic E-state index is 0.0923. The van der Waals surface area contributed by atoms with E-state index in [9.17, 15) is 4.79 Å². The van der Waals surface area contributed by atoms with Crippen LogP contribution in [0, 0.1) is 0 Å². The average Bonchev–Trinajstić information content (AvgIpc) is 2.62. The van der Waals surface area contributed by atoms with Gasteiger partial charge < -0.3 is 14.7 Å². The normalized spacial score (nSPS) is 10.8. The van der Waals surface area contributed by atoms with E-state index in [0.717, 1.165) is 11.3 Å². The molecular weight excluding hydrogens is 377 g/mol. The van der Waals surface area contributed by atoms with Crippen LogP contribution in [0.3, 0.4) is 0 Å². The molecule has 2 aromatic rings. The summed E-state index contributed by atoms with van der Waals surface area (Å²) in [6, 6.07) is 12.3. The zero-order chi connectivity index (χ0) is 18.9. The Morgan fingerprint density at radius 1 is 1.27 bits per heavy atom. The standard InChI is InChI=1S/C18H19Cl2N3O3/c1-23(8-9-24)15-5-2-13(3-6-15)11-21-22-18(25)12-26-17-7-4-14(19)10-16(17)20/h2-7,10-11,24H,8-9,12H2,1H3,(H,22,25)/b21-11-. The van der Waals surface area contributed by atoms with Gasteiger partial charge >= 0.3 is 0 Å². The van der Waals surface area contributed by atoms with E-state index in [4.69, 9.17) is 33.0 Å². The van der Waals surface area contributed by atoms with Crippen LogP contribution in [0.15, 0.2) is 47.6 Å². The molecular formula is C18H19Cl2N3O3. The summed E-state index contributed by atoms with van der Waals surface area (Å²) in [5.41, 5.74) is 4.19. The van der Waals surface area contributed by atoms with Gasteiger partial charge in [-0.3, -0.25) is 4.79 Å². The van der Waals surface area contributed by atoms with Crippen LogP contribution < -0.4 is 15.1 Å². The quantitative estimate of drug-likeness (QED) is 0.532. The molecule has 0 radical (unpaired) electrons. The Kier molecular flexibility index (Phi) is 7.72. The number of ether oxygens (including phenoxy) is 1. The molecule has 0 saturated carbocycles. The van der Waals surface area contributed by atoms with Crippen molar-refractivity contribution in [1.82, 2.24) is 5.43 Å². The van der Waals surface area contributed by atoms with E-state index in [1.807, 2.05) is 36.2 Å². The van der Waals surface area contributed by atoms with Crippen LogP contribution in [0.25, 0.3) is 0 Å².